The predicted molar refractivity (Wildman–Crippen MR) is 86.3 cm³/mol. The molecule has 2 rings (SSSR count). The highest BCUT2D eigenvalue weighted by Gasteiger charge is 2.24. The van der Waals surface area contributed by atoms with Gasteiger partial charge in [-0.1, -0.05) is 23.8 Å². The van der Waals surface area contributed by atoms with Crippen LogP contribution in [0.25, 0.3) is 0 Å². The van der Waals surface area contributed by atoms with Crippen LogP contribution in [0.5, 0.6) is 0 Å². The summed E-state index contributed by atoms with van der Waals surface area (Å²) in [7, 11) is 1.68. The highest BCUT2D eigenvalue weighted by Crippen LogP contribution is 2.27. The van der Waals surface area contributed by atoms with Crippen LogP contribution in [0.2, 0.25) is 5.02 Å². The molecule has 1 amide bonds. The van der Waals surface area contributed by atoms with E-state index in [1.165, 1.54) is 0 Å². The van der Waals surface area contributed by atoms with Gasteiger partial charge >= 0.3 is 0 Å². The van der Waals surface area contributed by atoms with E-state index in [9.17, 15) is 4.79 Å². The molecule has 4 nitrogen and oxygen atoms in total. The number of hydrogen-bond donors (Lipinski definition) is 2. The second-order valence-electron chi connectivity index (χ2n) is 4.90. The van der Waals surface area contributed by atoms with Crippen LogP contribution >= 0.6 is 23.8 Å². The van der Waals surface area contributed by atoms with Crippen molar-refractivity contribution in [2.45, 2.75) is 12.8 Å². The van der Waals surface area contributed by atoms with Crippen LogP contribution in [0.1, 0.15) is 18.4 Å². The number of carbonyl (C=O) groups excluding carboxylic acids is 1. The fraction of sp³-hybridized carbons (Fsp3) is 0.429. The summed E-state index contributed by atoms with van der Waals surface area (Å²) in [6.45, 7) is 1.70. The minimum absolute atomic E-state index is 0.114. The summed E-state index contributed by atoms with van der Waals surface area (Å²) in [6.07, 6.45) is 1.71. The molecular weight excluding hydrogens is 294 g/mol. The molecule has 0 saturated carbocycles. The molecule has 0 bridgehead atoms. The molecule has 0 aromatic heterocycles. The van der Waals surface area contributed by atoms with Crippen molar-refractivity contribution in [2.24, 2.45) is 11.7 Å². The third-order valence-corrected chi connectivity index (χ3v) is 4.23. The van der Waals surface area contributed by atoms with Gasteiger partial charge in [-0.3, -0.25) is 4.79 Å². The first-order valence-corrected chi connectivity index (χ1v) is 7.37. The zero-order valence-electron chi connectivity index (χ0n) is 11.4. The summed E-state index contributed by atoms with van der Waals surface area (Å²) >= 11 is 11.1. The van der Waals surface area contributed by atoms with Crippen LogP contribution in [-0.2, 0) is 4.79 Å². The highest BCUT2D eigenvalue weighted by atomic mass is 35.5. The normalized spacial score (nSPS) is 16.0. The lowest BCUT2D eigenvalue weighted by atomic mass is 9.95. The Labute approximate surface area is 129 Å². The second-order valence-corrected chi connectivity index (χ2v) is 5.75. The Bertz CT molecular complexity index is 527. The Hall–Kier alpha value is -1.33. The van der Waals surface area contributed by atoms with Gasteiger partial charge < -0.3 is 16.0 Å². The first-order chi connectivity index (χ1) is 9.52. The number of hydrogen-bond acceptors (Lipinski definition) is 3. The van der Waals surface area contributed by atoms with Crippen molar-refractivity contribution in [2.75, 3.05) is 25.0 Å². The van der Waals surface area contributed by atoms with Crippen LogP contribution in [0.3, 0.4) is 0 Å². The van der Waals surface area contributed by atoms with Gasteiger partial charge in [-0.2, -0.15) is 0 Å². The monoisotopic (exact) mass is 311 g/mol. The predicted octanol–water partition coefficient (Wildman–Crippen LogP) is 1.94. The molecule has 1 aliphatic heterocycles. The minimum Gasteiger partial charge on any atom is -0.389 e. The number of halogens is 1. The number of amides is 1. The second kappa shape index (κ2) is 6.41. The molecule has 108 valence electrons. The lowest BCUT2D eigenvalue weighted by molar-refractivity contribution is -0.125. The number of nitrogens with zero attached hydrogens (tertiary/aromatic N) is 1. The fourth-order valence-corrected chi connectivity index (χ4v) is 3.02. The Morgan fingerprint density at radius 2 is 2.10 bits per heavy atom. The van der Waals surface area contributed by atoms with E-state index in [2.05, 4.69) is 10.2 Å². The molecule has 1 saturated heterocycles. The maximum atomic E-state index is 11.6. The van der Waals surface area contributed by atoms with E-state index in [1.54, 1.807) is 7.05 Å². The van der Waals surface area contributed by atoms with Crippen molar-refractivity contribution in [3.63, 3.8) is 0 Å². The SMILES string of the molecule is CNC(=O)C1CCN(c2ccc(C(N)=S)c(Cl)c2)CC1. The Kier molecular flexibility index (Phi) is 4.83. The van der Waals surface area contributed by atoms with Gasteiger partial charge in [0.05, 0.1) is 5.02 Å². The zero-order chi connectivity index (χ0) is 14.7. The van der Waals surface area contributed by atoms with Crippen molar-refractivity contribution in [1.82, 2.24) is 5.32 Å². The number of rotatable bonds is 3. The fourth-order valence-electron chi connectivity index (χ4n) is 2.50. The highest BCUT2D eigenvalue weighted by molar-refractivity contribution is 7.80. The molecule has 0 spiro atoms. The molecule has 3 N–H and O–H groups in total. The standard InChI is InChI=1S/C14H18ClN3OS/c1-17-14(19)9-4-6-18(7-5-9)10-2-3-11(13(16)20)12(15)8-10/h2-3,8-9H,4-7H2,1H3,(H2,16,20)(H,17,19). The summed E-state index contributed by atoms with van der Waals surface area (Å²) < 4.78 is 0. The Balaban J connectivity index is 2.06. The van der Waals surface area contributed by atoms with E-state index in [4.69, 9.17) is 29.6 Å². The maximum absolute atomic E-state index is 11.6. The molecule has 0 atom stereocenters. The molecule has 0 radical (unpaired) electrons. The smallest absolute Gasteiger partial charge is 0.222 e. The molecule has 1 heterocycles. The van der Waals surface area contributed by atoms with Crippen molar-refractivity contribution >= 4 is 40.4 Å². The molecule has 0 unspecified atom stereocenters. The average molecular weight is 312 g/mol. The molecule has 0 aliphatic carbocycles. The van der Waals surface area contributed by atoms with Gasteiger partial charge in [0.25, 0.3) is 0 Å². The van der Waals surface area contributed by atoms with E-state index in [0.717, 1.165) is 31.6 Å². The van der Waals surface area contributed by atoms with Crippen molar-refractivity contribution in [3.8, 4) is 0 Å². The first kappa shape index (κ1) is 15.1. The van der Waals surface area contributed by atoms with Crippen LogP contribution in [-0.4, -0.2) is 31.0 Å². The van der Waals surface area contributed by atoms with Crippen molar-refractivity contribution in [1.29, 1.82) is 0 Å². The number of benzene rings is 1. The minimum atomic E-state index is 0.114. The van der Waals surface area contributed by atoms with E-state index in [-0.39, 0.29) is 11.8 Å². The molecule has 1 aromatic rings. The molecular formula is C14H18ClN3OS. The number of nitrogens with one attached hydrogen (secondary N) is 1. The van der Waals surface area contributed by atoms with Crippen LogP contribution in [0, 0.1) is 5.92 Å². The largest absolute Gasteiger partial charge is 0.389 e. The van der Waals surface area contributed by atoms with E-state index in [1.807, 2.05) is 18.2 Å². The number of thiocarbonyl (C=S) groups is 1. The van der Waals surface area contributed by atoms with Crippen LogP contribution in [0.4, 0.5) is 5.69 Å². The zero-order valence-corrected chi connectivity index (χ0v) is 12.9. The molecule has 20 heavy (non-hydrogen) atoms. The van der Waals surface area contributed by atoms with Crippen molar-refractivity contribution in [3.05, 3.63) is 28.8 Å². The van der Waals surface area contributed by atoms with Gasteiger partial charge in [0, 0.05) is 37.3 Å². The van der Waals surface area contributed by atoms with Crippen LogP contribution < -0.4 is 16.0 Å². The lowest BCUT2D eigenvalue weighted by Crippen LogP contribution is -2.39. The third-order valence-electron chi connectivity index (χ3n) is 3.70. The Morgan fingerprint density at radius 3 is 2.60 bits per heavy atom. The number of nitrogens with two attached hydrogens (primary N) is 1. The quantitative estimate of drug-likeness (QED) is 0.838. The van der Waals surface area contributed by atoms with Gasteiger partial charge in [-0.25, -0.2) is 0 Å². The number of carbonyl (C=O) groups is 1. The molecule has 1 aromatic carbocycles. The van der Waals surface area contributed by atoms with Crippen LogP contribution in [0.15, 0.2) is 18.2 Å². The first-order valence-electron chi connectivity index (χ1n) is 6.59. The van der Waals surface area contributed by atoms with Gasteiger partial charge in [-0.05, 0) is 31.0 Å². The summed E-state index contributed by atoms with van der Waals surface area (Å²) in [6, 6.07) is 5.71. The van der Waals surface area contributed by atoms with Gasteiger partial charge in [0.15, 0.2) is 0 Å². The lowest BCUT2D eigenvalue weighted by Gasteiger charge is -2.33. The average Bonchev–Trinajstić information content (AvgIpc) is 2.46. The molecule has 6 heteroatoms. The van der Waals surface area contributed by atoms with Gasteiger partial charge in [0.1, 0.15) is 4.99 Å². The van der Waals surface area contributed by atoms with Gasteiger partial charge in [-0.15, -0.1) is 0 Å². The van der Waals surface area contributed by atoms with E-state index < -0.39 is 0 Å². The molecule has 1 fully saturated rings. The van der Waals surface area contributed by atoms with Crippen molar-refractivity contribution < 1.29 is 4.79 Å². The summed E-state index contributed by atoms with van der Waals surface area (Å²) in [5, 5.41) is 3.28. The van der Waals surface area contributed by atoms with E-state index >= 15 is 0 Å². The maximum Gasteiger partial charge on any atom is 0.222 e. The topological polar surface area (TPSA) is 58.4 Å². The van der Waals surface area contributed by atoms with E-state index in [0.29, 0.717) is 15.6 Å². The summed E-state index contributed by atoms with van der Waals surface area (Å²) in [5.41, 5.74) is 7.35. The Morgan fingerprint density at radius 1 is 1.45 bits per heavy atom. The summed E-state index contributed by atoms with van der Waals surface area (Å²) in [4.78, 5) is 14.1. The number of piperidine rings is 1. The van der Waals surface area contributed by atoms with Gasteiger partial charge in [0.2, 0.25) is 5.91 Å². The molecule has 1 aliphatic rings. The third kappa shape index (κ3) is 3.22. The number of anilines is 1. The summed E-state index contributed by atoms with van der Waals surface area (Å²) in [5.74, 6) is 0.245.